The van der Waals surface area contributed by atoms with Crippen molar-refractivity contribution in [1.29, 1.82) is 0 Å². The van der Waals surface area contributed by atoms with Crippen LogP contribution < -0.4 is 5.32 Å². The molecule has 0 saturated carbocycles. The summed E-state index contributed by atoms with van der Waals surface area (Å²) in [5.74, 6) is 1.73. The first-order valence-electron chi connectivity index (χ1n) is 8.21. The van der Waals surface area contributed by atoms with E-state index < -0.39 is 0 Å². The van der Waals surface area contributed by atoms with E-state index in [-0.39, 0.29) is 0 Å². The second-order valence-electron chi connectivity index (χ2n) is 5.97. The number of aromatic nitrogens is 1. The molecular formula is C19H23N5. The number of benzene rings is 1. The molecule has 0 radical (unpaired) electrons. The predicted octanol–water partition coefficient (Wildman–Crippen LogP) is 3.49. The quantitative estimate of drug-likeness (QED) is 0.677. The Morgan fingerprint density at radius 3 is 2.83 bits per heavy atom. The van der Waals surface area contributed by atoms with Crippen LogP contribution in [0.5, 0.6) is 0 Å². The third-order valence-electron chi connectivity index (χ3n) is 4.21. The van der Waals surface area contributed by atoms with E-state index in [1.165, 1.54) is 11.1 Å². The molecule has 1 N–H and O–H groups in total. The first kappa shape index (κ1) is 16.2. The topological polar surface area (TPSA) is 52.9 Å². The maximum atomic E-state index is 4.58. The molecule has 0 atom stereocenters. The molecular weight excluding hydrogens is 298 g/mol. The lowest BCUT2D eigenvalue weighted by molar-refractivity contribution is 0.677. The molecule has 0 fully saturated rings. The van der Waals surface area contributed by atoms with E-state index in [4.69, 9.17) is 0 Å². The Bertz CT molecular complexity index is 779. The summed E-state index contributed by atoms with van der Waals surface area (Å²) in [4.78, 5) is 15.5. The van der Waals surface area contributed by atoms with Crippen molar-refractivity contribution in [2.75, 3.05) is 25.0 Å². The minimum atomic E-state index is 0.692. The summed E-state index contributed by atoms with van der Waals surface area (Å²) in [5, 5.41) is 3.48. The van der Waals surface area contributed by atoms with E-state index in [1.54, 1.807) is 0 Å². The largest absolute Gasteiger partial charge is 0.378 e. The van der Waals surface area contributed by atoms with Crippen molar-refractivity contribution in [3.8, 4) is 0 Å². The van der Waals surface area contributed by atoms with Gasteiger partial charge >= 0.3 is 0 Å². The Kier molecular flexibility index (Phi) is 4.89. The minimum Gasteiger partial charge on any atom is -0.378 e. The Morgan fingerprint density at radius 1 is 1.17 bits per heavy atom. The summed E-state index contributed by atoms with van der Waals surface area (Å²) in [5.41, 5.74) is 4.69. The molecule has 124 valence electrons. The zero-order valence-corrected chi connectivity index (χ0v) is 14.5. The van der Waals surface area contributed by atoms with Gasteiger partial charge in [0.1, 0.15) is 5.84 Å². The molecule has 3 rings (SSSR count). The molecule has 1 aliphatic rings. The van der Waals surface area contributed by atoms with Gasteiger partial charge in [0.25, 0.3) is 0 Å². The summed E-state index contributed by atoms with van der Waals surface area (Å²) in [6.07, 6.45) is 1.83. The maximum absolute atomic E-state index is 4.58. The molecule has 5 heteroatoms. The number of aliphatic imine (C=N–C) groups is 2. The molecule has 5 nitrogen and oxygen atoms in total. The van der Waals surface area contributed by atoms with Crippen LogP contribution in [0.15, 0.2) is 46.4 Å². The van der Waals surface area contributed by atoms with Crippen LogP contribution in [0.1, 0.15) is 16.8 Å². The van der Waals surface area contributed by atoms with Gasteiger partial charge in [-0.25, -0.2) is 9.98 Å². The van der Waals surface area contributed by atoms with Gasteiger partial charge < -0.3 is 10.2 Å². The average molecular weight is 321 g/mol. The first-order valence-corrected chi connectivity index (χ1v) is 8.21. The number of hydrogen-bond acceptors (Lipinski definition) is 4. The number of nitrogens with zero attached hydrogens (tertiary/aromatic N) is 4. The summed E-state index contributed by atoms with van der Waals surface area (Å²) in [7, 11) is 0. The Labute approximate surface area is 143 Å². The second kappa shape index (κ2) is 7.25. The van der Waals surface area contributed by atoms with E-state index in [1.807, 2.05) is 31.5 Å². The highest BCUT2D eigenvalue weighted by molar-refractivity contribution is 5.96. The summed E-state index contributed by atoms with van der Waals surface area (Å²) >= 11 is 0. The van der Waals surface area contributed by atoms with Gasteiger partial charge in [-0.05, 0) is 50.1 Å². The van der Waals surface area contributed by atoms with Gasteiger partial charge in [-0.2, -0.15) is 0 Å². The molecule has 24 heavy (non-hydrogen) atoms. The molecule has 0 aliphatic carbocycles. The van der Waals surface area contributed by atoms with Gasteiger partial charge in [0.2, 0.25) is 0 Å². The van der Waals surface area contributed by atoms with Crippen molar-refractivity contribution >= 4 is 23.7 Å². The highest BCUT2D eigenvalue weighted by Gasteiger charge is 2.15. The number of hydrogen-bond donors (Lipinski definition) is 1. The van der Waals surface area contributed by atoms with Crippen LogP contribution in [0, 0.1) is 20.8 Å². The van der Waals surface area contributed by atoms with Crippen molar-refractivity contribution in [2.24, 2.45) is 9.98 Å². The van der Waals surface area contributed by atoms with Gasteiger partial charge in [-0.3, -0.25) is 4.99 Å². The lowest BCUT2D eigenvalue weighted by atomic mass is 10.1. The number of nitrogens with one attached hydrogen (secondary N) is 1. The first-order chi connectivity index (χ1) is 11.6. The summed E-state index contributed by atoms with van der Waals surface area (Å²) < 4.78 is 0. The molecule has 0 unspecified atom stereocenters. The lowest BCUT2D eigenvalue weighted by Crippen LogP contribution is -2.31. The second-order valence-corrected chi connectivity index (χ2v) is 5.97. The molecule has 1 aromatic heterocycles. The molecule has 0 amide bonds. The van der Waals surface area contributed by atoms with Gasteiger partial charge in [0.15, 0.2) is 5.82 Å². The van der Waals surface area contributed by atoms with Crippen molar-refractivity contribution in [3.63, 3.8) is 0 Å². The molecule has 0 spiro atoms. The van der Waals surface area contributed by atoms with Gasteiger partial charge in [0, 0.05) is 17.9 Å². The third-order valence-corrected chi connectivity index (χ3v) is 4.21. The van der Waals surface area contributed by atoms with E-state index >= 15 is 0 Å². The summed E-state index contributed by atoms with van der Waals surface area (Å²) in [6.45, 7) is 8.59. The highest BCUT2D eigenvalue weighted by atomic mass is 15.3. The SMILES string of the molecule is Cc1cccc(/N=C\N2CCN=C2CNc2cccc(C)c2C)n1. The fraction of sp³-hybridized carbons (Fsp3) is 0.316. The zero-order chi connectivity index (χ0) is 16.9. The van der Waals surface area contributed by atoms with E-state index in [0.717, 1.165) is 36.1 Å². The standard InChI is InChI=1S/C19H23N5/c1-14-6-4-8-17(16(14)3)21-12-19-20-10-11-24(19)13-22-18-9-5-7-15(2)23-18/h4-9,13,21H,10-12H2,1-3H3/b22-13-. The third kappa shape index (κ3) is 3.79. The van der Waals surface area contributed by atoms with Crippen LogP contribution in [-0.2, 0) is 0 Å². The van der Waals surface area contributed by atoms with Crippen LogP contribution in [0.2, 0.25) is 0 Å². The van der Waals surface area contributed by atoms with Crippen LogP contribution in [0.4, 0.5) is 11.5 Å². The van der Waals surface area contributed by atoms with Gasteiger partial charge in [0.05, 0.1) is 19.4 Å². The lowest BCUT2D eigenvalue weighted by Gasteiger charge is -2.17. The normalized spacial score (nSPS) is 14.3. The molecule has 0 bridgehead atoms. The maximum Gasteiger partial charge on any atom is 0.153 e. The smallest absolute Gasteiger partial charge is 0.153 e. The molecule has 2 heterocycles. The number of pyridine rings is 1. The molecule has 1 aliphatic heterocycles. The number of aryl methyl sites for hydroxylation is 2. The van der Waals surface area contributed by atoms with E-state index in [2.05, 4.69) is 57.2 Å². The molecule has 1 aromatic carbocycles. The summed E-state index contributed by atoms with van der Waals surface area (Å²) in [6, 6.07) is 12.1. The molecule has 0 saturated heterocycles. The number of anilines is 1. The van der Waals surface area contributed by atoms with Crippen molar-refractivity contribution in [1.82, 2.24) is 9.88 Å². The van der Waals surface area contributed by atoms with Crippen molar-refractivity contribution in [2.45, 2.75) is 20.8 Å². The Morgan fingerprint density at radius 2 is 2.00 bits per heavy atom. The van der Waals surface area contributed by atoms with Gasteiger partial charge in [-0.1, -0.05) is 18.2 Å². The van der Waals surface area contributed by atoms with Crippen LogP contribution in [-0.4, -0.2) is 41.7 Å². The van der Waals surface area contributed by atoms with E-state index in [9.17, 15) is 0 Å². The fourth-order valence-corrected chi connectivity index (χ4v) is 2.63. The Hall–Kier alpha value is -2.69. The fourth-order valence-electron chi connectivity index (χ4n) is 2.63. The van der Waals surface area contributed by atoms with Gasteiger partial charge in [-0.15, -0.1) is 0 Å². The Balaban J connectivity index is 1.64. The highest BCUT2D eigenvalue weighted by Crippen LogP contribution is 2.18. The van der Waals surface area contributed by atoms with Crippen molar-refractivity contribution in [3.05, 3.63) is 53.2 Å². The predicted molar refractivity (Wildman–Crippen MR) is 101 cm³/mol. The molecule has 2 aromatic rings. The number of rotatable bonds is 5. The van der Waals surface area contributed by atoms with Crippen LogP contribution in [0.3, 0.4) is 0 Å². The number of amidine groups is 1. The van der Waals surface area contributed by atoms with Crippen molar-refractivity contribution < 1.29 is 0 Å². The van der Waals surface area contributed by atoms with Crippen LogP contribution in [0.25, 0.3) is 0 Å². The average Bonchev–Trinajstić information content (AvgIpc) is 3.02. The monoisotopic (exact) mass is 321 g/mol. The van der Waals surface area contributed by atoms with E-state index in [0.29, 0.717) is 6.54 Å². The minimum absolute atomic E-state index is 0.692. The zero-order valence-electron chi connectivity index (χ0n) is 14.5. The van der Waals surface area contributed by atoms with Crippen LogP contribution >= 0.6 is 0 Å².